The number of hydrogen-bond donors (Lipinski definition) is 2. The fraction of sp³-hybridized carbons (Fsp3) is 0.226. The van der Waals surface area contributed by atoms with Crippen LogP contribution in [0.5, 0.6) is 0 Å². The zero-order valence-corrected chi connectivity index (χ0v) is 21.5. The van der Waals surface area contributed by atoms with Gasteiger partial charge >= 0.3 is 11.7 Å². The lowest BCUT2D eigenvalue weighted by atomic mass is 9.84. The Labute approximate surface area is 225 Å². The van der Waals surface area contributed by atoms with Crippen LogP contribution in [0.3, 0.4) is 0 Å². The predicted molar refractivity (Wildman–Crippen MR) is 147 cm³/mol. The van der Waals surface area contributed by atoms with E-state index in [4.69, 9.17) is 9.15 Å². The Morgan fingerprint density at radius 2 is 1.67 bits per heavy atom. The zero-order chi connectivity index (χ0) is 27.4. The Hall–Kier alpha value is -4.72. The van der Waals surface area contributed by atoms with E-state index in [-0.39, 0.29) is 48.5 Å². The minimum Gasteiger partial charge on any atom is -0.445 e. The Kier molecular flexibility index (Phi) is 7.27. The van der Waals surface area contributed by atoms with Crippen molar-refractivity contribution < 1.29 is 23.5 Å². The molecule has 0 aliphatic carbocycles. The number of rotatable bonds is 5. The molecule has 0 radical (unpaired) electrons. The van der Waals surface area contributed by atoms with Crippen LogP contribution >= 0.6 is 0 Å². The van der Waals surface area contributed by atoms with Crippen LogP contribution in [-0.4, -0.2) is 23.3 Å². The highest BCUT2D eigenvalue weighted by molar-refractivity contribution is 6.14. The molecule has 2 heterocycles. The molecule has 3 aromatic carbocycles. The van der Waals surface area contributed by atoms with E-state index >= 15 is 0 Å². The number of anilines is 1. The first-order valence-corrected chi connectivity index (χ1v) is 12.8. The third-order valence-electron chi connectivity index (χ3n) is 6.99. The van der Waals surface area contributed by atoms with Gasteiger partial charge in [0.05, 0.1) is 11.3 Å². The number of hydrogen-bond acceptors (Lipinski definition) is 6. The summed E-state index contributed by atoms with van der Waals surface area (Å²) >= 11 is 0. The van der Waals surface area contributed by atoms with Crippen molar-refractivity contribution in [3.05, 3.63) is 112 Å². The number of carbonyl (C=O) groups excluding carboxylic acids is 3. The number of alkyl carbamates (subject to hydrolysis) is 1. The van der Waals surface area contributed by atoms with E-state index < -0.39 is 23.2 Å². The number of ketones is 1. The molecule has 0 saturated heterocycles. The molecule has 4 aromatic rings. The molecule has 8 nitrogen and oxygen atoms in total. The molecule has 5 rings (SSSR count). The molecule has 1 atom stereocenters. The highest BCUT2D eigenvalue weighted by atomic mass is 16.5. The van der Waals surface area contributed by atoms with Gasteiger partial charge < -0.3 is 19.8 Å². The van der Waals surface area contributed by atoms with E-state index in [1.165, 1.54) is 6.07 Å². The summed E-state index contributed by atoms with van der Waals surface area (Å²) in [6.07, 6.45) is 0.0380. The average Bonchev–Trinajstić information content (AvgIpc) is 2.96. The molecule has 1 aliphatic rings. The maximum atomic E-state index is 14.0. The van der Waals surface area contributed by atoms with Crippen LogP contribution < -0.4 is 16.3 Å². The van der Waals surface area contributed by atoms with Gasteiger partial charge in [0.15, 0.2) is 11.4 Å². The second-order valence-electron chi connectivity index (χ2n) is 9.78. The van der Waals surface area contributed by atoms with Crippen LogP contribution in [0.4, 0.5) is 10.5 Å². The SMILES string of the molecule is Cc1cc(=O)oc2c3c(ccc12)NC(=O)C(Cc1ccccc1)(NC(=O)OCc1ccccc1)CCCC3=O. The summed E-state index contributed by atoms with van der Waals surface area (Å²) in [5.41, 5.74) is 0.869. The van der Waals surface area contributed by atoms with Crippen LogP contribution in [-0.2, 0) is 22.6 Å². The van der Waals surface area contributed by atoms with Crippen molar-refractivity contribution in [3.63, 3.8) is 0 Å². The van der Waals surface area contributed by atoms with E-state index in [0.717, 1.165) is 11.1 Å². The van der Waals surface area contributed by atoms with Gasteiger partial charge in [0, 0.05) is 24.3 Å². The number of ether oxygens (including phenoxy) is 1. The summed E-state index contributed by atoms with van der Waals surface area (Å²) in [4.78, 5) is 52.6. The molecule has 0 saturated carbocycles. The first-order chi connectivity index (χ1) is 18.8. The van der Waals surface area contributed by atoms with Crippen molar-refractivity contribution in [2.45, 2.75) is 44.8 Å². The van der Waals surface area contributed by atoms with Gasteiger partial charge in [0.1, 0.15) is 12.1 Å². The number of aryl methyl sites for hydroxylation is 1. The van der Waals surface area contributed by atoms with Gasteiger partial charge in [-0.1, -0.05) is 60.7 Å². The molecule has 39 heavy (non-hydrogen) atoms. The molecule has 2 N–H and O–H groups in total. The Morgan fingerprint density at radius 3 is 2.38 bits per heavy atom. The first-order valence-electron chi connectivity index (χ1n) is 12.8. The lowest BCUT2D eigenvalue weighted by Gasteiger charge is -2.33. The minimum absolute atomic E-state index is 0.0431. The van der Waals surface area contributed by atoms with E-state index in [0.29, 0.717) is 17.4 Å². The molecule has 2 amide bonds. The maximum absolute atomic E-state index is 14.0. The molecule has 1 unspecified atom stereocenters. The molecule has 198 valence electrons. The van der Waals surface area contributed by atoms with E-state index in [1.54, 1.807) is 19.1 Å². The van der Waals surface area contributed by atoms with Crippen molar-refractivity contribution in [2.75, 3.05) is 5.32 Å². The second kappa shape index (κ2) is 10.9. The number of amides is 2. The Balaban J connectivity index is 1.52. The number of fused-ring (bicyclic) bond motifs is 3. The van der Waals surface area contributed by atoms with E-state index in [9.17, 15) is 19.2 Å². The van der Waals surface area contributed by atoms with Crippen molar-refractivity contribution in [1.82, 2.24) is 5.32 Å². The van der Waals surface area contributed by atoms with Gasteiger partial charge in [0.25, 0.3) is 5.91 Å². The van der Waals surface area contributed by atoms with Crippen LogP contribution in [0.15, 0.2) is 88.1 Å². The third kappa shape index (κ3) is 5.60. The van der Waals surface area contributed by atoms with Crippen LogP contribution in [0, 0.1) is 6.92 Å². The molecule has 0 bridgehead atoms. The molecule has 0 fully saturated rings. The highest BCUT2D eigenvalue weighted by Gasteiger charge is 2.42. The molecular weight excluding hydrogens is 496 g/mol. The molecule has 1 aromatic heterocycles. The number of nitrogens with one attached hydrogen (secondary N) is 2. The summed E-state index contributed by atoms with van der Waals surface area (Å²) in [5, 5.41) is 6.32. The summed E-state index contributed by atoms with van der Waals surface area (Å²) in [6.45, 7) is 1.81. The van der Waals surface area contributed by atoms with Crippen molar-refractivity contribution >= 4 is 34.4 Å². The summed E-state index contributed by atoms with van der Waals surface area (Å²) < 4.78 is 10.9. The number of carbonyl (C=O) groups is 3. The van der Waals surface area contributed by atoms with Crippen molar-refractivity contribution in [1.29, 1.82) is 0 Å². The van der Waals surface area contributed by atoms with Crippen LogP contribution in [0.25, 0.3) is 11.0 Å². The van der Waals surface area contributed by atoms with Gasteiger partial charge in [-0.05, 0) is 48.6 Å². The van der Waals surface area contributed by atoms with E-state index in [2.05, 4.69) is 10.6 Å². The fourth-order valence-corrected chi connectivity index (χ4v) is 5.03. The van der Waals surface area contributed by atoms with Gasteiger partial charge in [-0.15, -0.1) is 0 Å². The van der Waals surface area contributed by atoms with Gasteiger partial charge in [0.2, 0.25) is 0 Å². The molecule has 0 spiro atoms. The van der Waals surface area contributed by atoms with Crippen molar-refractivity contribution in [3.8, 4) is 0 Å². The van der Waals surface area contributed by atoms with Gasteiger partial charge in [-0.3, -0.25) is 9.59 Å². The molecule has 1 aliphatic heterocycles. The van der Waals surface area contributed by atoms with Crippen molar-refractivity contribution in [2.24, 2.45) is 0 Å². The Bertz CT molecular complexity index is 1600. The number of Topliss-reactive ketones (excluding diaryl/α,β-unsaturated/α-hetero) is 1. The summed E-state index contributed by atoms with van der Waals surface area (Å²) in [7, 11) is 0. The van der Waals surface area contributed by atoms with Gasteiger partial charge in [-0.25, -0.2) is 9.59 Å². The summed E-state index contributed by atoms with van der Waals surface area (Å²) in [6, 6.07) is 23.3. The van der Waals surface area contributed by atoms with Crippen LogP contribution in [0.2, 0.25) is 0 Å². The first kappa shape index (κ1) is 25.9. The highest BCUT2D eigenvalue weighted by Crippen LogP contribution is 2.33. The lowest BCUT2D eigenvalue weighted by molar-refractivity contribution is -0.122. The molecule has 8 heteroatoms. The largest absolute Gasteiger partial charge is 0.445 e. The second-order valence-corrected chi connectivity index (χ2v) is 9.78. The topological polar surface area (TPSA) is 115 Å². The summed E-state index contributed by atoms with van der Waals surface area (Å²) in [5.74, 6) is -0.750. The average molecular weight is 525 g/mol. The maximum Gasteiger partial charge on any atom is 0.408 e. The zero-order valence-electron chi connectivity index (χ0n) is 21.5. The quantitative estimate of drug-likeness (QED) is 0.342. The smallest absolute Gasteiger partial charge is 0.408 e. The monoisotopic (exact) mass is 524 g/mol. The normalized spacial score (nSPS) is 17.4. The van der Waals surface area contributed by atoms with Gasteiger partial charge in [-0.2, -0.15) is 0 Å². The lowest BCUT2D eigenvalue weighted by Crippen LogP contribution is -2.58. The third-order valence-corrected chi connectivity index (χ3v) is 6.99. The predicted octanol–water partition coefficient (Wildman–Crippen LogP) is 5.31. The molecular formula is C31H28N2O6. The Morgan fingerprint density at radius 1 is 0.974 bits per heavy atom. The number of benzene rings is 3. The van der Waals surface area contributed by atoms with E-state index in [1.807, 2.05) is 60.7 Å². The minimum atomic E-state index is -1.40. The van der Waals surface area contributed by atoms with Crippen LogP contribution in [0.1, 0.15) is 46.3 Å². The fourth-order valence-electron chi connectivity index (χ4n) is 5.03. The standard InChI is InChI=1S/C31H28N2O6/c1-20-17-26(35)39-28-23(20)14-15-24-27(28)25(34)13-8-16-31(29(36)32-24,18-21-9-4-2-5-10-21)33-30(37)38-19-22-11-6-3-7-12-22/h2-7,9-12,14-15,17H,8,13,16,18-19H2,1H3,(H,32,36)(H,33,37).